The Morgan fingerprint density at radius 1 is 0.667 bits per heavy atom. The molecule has 0 radical (unpaired) electrons. The molecular formula is C8H19NO3. The van der Waals surface area contributed by atoms with Gasteiger partial charge in [-0.1, -0.05) is 0 Å². The van der Waals surface area contributed by atoms with Gasteiger partial charge in [0.25, 0.3) is 0 Å². The number of hydrogen-bond donors (Lipinski definition) is 3. The average Bonchev–Trinajstić information content (AvgIpc) is 2.06. The van der Waals surface area contributed by atoms with Crippen LogP contribution in [0.1, 0.15) is 12.8 Å². The summed E-state index contributed by atoms with van der Waals surface area (Å²) in [6.45, 7) is 2.50. The van der Waals surface area contributed by atoms with Crippen LogP contribution in [0.2, 0.25) is 0 Å². The normalized spacial score (nSPS) is 11.0. The molecule has 0 bridgehead atoms. The summed E-state index contributed by atoms with van der Waals surface area (Å²) in [6, 6.07) is 0. The Balaban J connectivity index is 3.34. The standard InChI is InChI=1S/C8H19NO3/c10-6-2-1-3-9(4-7-11)5-8-12/h10-12H,1-8H2. The molecular weight excluding hydrogens is 158 g/mol. The van der Waals surface area contributed by atoms with Gasteiger partial charge in [0, 0.05) is 19.7 Å². The van der Waals surface area contributed by atoms with Crippen LogP contribution in [0, 0.1) is 0 Å². The Morgan fingerprint density at radius 3 is 1.67 bits per heavy atom. The first-order valence-corrected chi connectivity index (χ1v) is 4.40. The van der Waals surface area contributed by atoms with Crippen molar-refractivity contribution in [3.05, 3.63) is 0 Å². The van der Waals surface area contributed by atoms with E-state index in [2.05, 4.69) is 0 Å². The third kappa shape index (κ3) is 6.54. The number of rotatable bonds is 8. The van der Waals surface area contributed by atoms with Crippen molar-refractivity contribution in [2.75, 3.05) is 39.5 Å². The maximum absolute atomic E-state index is 8.65. The second kappa shape index (κ2) is 8.93. The summed E-state index contributed by atoms with van der Waals surface area (Å²) in [5.74, 6) is 0. The van der Waals surface area contributed by atoms with Gasteiger partial charge in [0.1, 0.15) is 0 Å². The Labute approximate surface area is 73.4 Å². The largest absolute Gasteiger partial charge is 0.396 e. The summed E-state index contributed by atoms with van der Waals surface area (Å²) in [5, 5.41) is 25.8. The number of aliphatic hydroxyl groups excluding tert-OH is 3. The van der Waals surface area contributed by atoms with Crippen molar-refractivity contribution in [1.82, 2.24) is 4.90 Å². The zero-order chi connectivity index (χ0) is 9.23. The maximum Gasteiger partial charge on any atom is 0.0558 e. The topological polar surface area (TPSA) is 63.9 Å². The molecule has 4 nitrogen and oxygen atoms in total. The van der Waals surface area contributed by atoms with Crippen LogP contribution in [0.3, 0.4) is 0 Å². The lowest BCUT2D eigenvalue weighted by Crippen LogP contribution is -2.30. The fourth-order valence-electron chi connectivity index (χ4n) is 1.07. The molecule has 0 aliphatic heterocycles. The Morgan fingerprint density at radius 2 is 1.25 bits per heavy atom. The molecule has 0 unspecified atom stereocenters. The summed E-state index contributed by atoms with van der Waals surface area (Å²) < 4.78 is 0. The Kier molecular flexibility index (Phi) is 8.81. The van der Waals surface area contributed by atoms with Crippen LogP contribution in [-0.2, 0) is 0 Å². The van der Waals surface area contributed by atoms with Crippen molar-refractivity contribution < 1.29 is 15.3 Å². The summed E-state index contributed by atoms with van der Waals surface area (Å²) in [5.41, 5.74) is 0. The molecule has 12 heavy (non-hydrogen) atoms. The Bertz CT molecular complexity index is 84.4. The quantitative estimate of drug-likeness (QED) is 0.418. The summed E-state index contributed by atoms with van der Waals surface area (Å²) in [7, 11) is 0. The van der Waals surface area contributed by atoms with Gasteiger partial charge >= 0.3 is 0 Å². The minimum absolute atomic E-state index is 0.124. The van der Waals surface area contributed by atoms with E-state index in [1.54, 1.807) is 0 Å². The molecule has 0 atom stereocenters. The highest BCUT2D eigenvalue weighted by molar-refractivity contribution is 4.56. The number of nitrogens with zero attached hydrogens (tertiary/aromatic N) is 1. The van der Waals surface area contributed by atoms with Crippen molar-refractivity contribution in [3.8, 4) is 0 Å². The lowest BCUT2D eigenvalue weighted by Gasteiger charge is -2.19. The van der Waals surface area contributed by atoms with Crippen molar-refractivity contribution in [2.24, 2.45) is 0 Å². The molecule has 0 rings (SSSR count). The van der Waals surface area contributed by atoms with Gasteiger partial charge in [0.05, 0.1) is 13.2 Å². The molecule has 74 valence electrons. The van der Waals surface area contributed by atoms with E-state index in [0.717, 1.165) is 19.4 Å². The summed E-state index contributed by atoms with van der Waals surface area (Å²) in [4.78, 5) is 1.98. The van der Waals surface area contributed by atoms with Crippen molar-refractivity contribution >= 4 is 0 Å². The molecule has 0 aromatic carbocycles. The molecule has 0 fully saturated rings. The third-order valence-corrected chi connectivity index (χ3v) is 1.71. The molecule has 3 N–H and O–H groups in total. The second-order valence-corrected chi connectivity index (χ2v) is 2.72. The predicted octanol–water partition coefficient (Wildman–Crippen LogP) is -0.954. The highest BCUT2D eigenvalue weighted by Crippen LogP contribution is 1.93. The van der Waals surface area contributed by atoms with E-state index in [1.165, 1.54) is 0 Å². The van der Waals surface area contributed by atoms with Gasteiger partial charge in [-0.3, -0.25) is 4.90 Å². The van der Waals surface area contributed by atoms with E-state index in [9.17, 15) is 0 Å². The van der Waals surface area contributed by atoms with Gasteiger partial charge < -0.3 is 15.3 Å². The lowest BCUT2D eigenvalue weighted by atomic mass is 10.3. The predicted molar refractivity (Wildman–Crippen MR) is 46.9 cm³/mol. The van der Waals surface area contributed by atoms with Gasteiger partial charge in [-0.2, -0.15) is 0 Å². The van der Waals surface area contributed by atoms with E-state index in [4.69, 9.17) is 15.3 Å². The van der Waals surface area contributed by atoms with E-state index >= 15 is 0 Å². The van der Waals surface area contributed by atoms with Crippen LogP contribution in [-0.4, -0.2) is 59.7 Å². The molecule has 0 spiro atoms. The molecule has 0 saturated carbocycles. The second-order valence-electron chi connectivity index (χ2n) is 2.72. The minimum atomic E-state index is 0.124. The molecule has 0 aromatic rings. The van der Waals surface area contributed by atoms with Gasteiger partial charge in [-0.15, -0.1) is 0 Å². The number of aliphatic hydroxyl groups is 3. The van der Waals surface area contributed by atoms with E-state index in [0.29, 0.717) is 13.1 Å². The first-order valence-electron chi connectivity index (χ1n) is 4.40. The highest BCUT2D eigenvalue weighted by Gasteiger charge is 2.01. The SMILES string of the molecule is OCCCCN(CCO)CCO. The molecule has 0 aliphatic rings. The molecule has 0 aromatic heterocycles. The smallest absolute Gasteiger partial charge is 0.0558 e. The molecule has 0 heterocycles. The summed E-state index contributed by atoms with van der Waals surface area (Å²) in [6.07, 6.45) is 1.70. The zero-order valence-corrected chi connectivity index (χ0v) is 7.45. The van der Waals surface area contributed by atoms with Crippen LogP contribution >= 0.6 is 0 Å². The fourth-order valence-corrected chi connectivity index (χ4v) is 1.07. The monoisotopic (exact) mass is 177 g/mol. The van der Waals surface area contributed by atoms with Crippen LogP contribution in [0.25, 0.3) is 0 Å². The van der Waals surface area contributed by atoms with Crippen LogP contribution < -0.4 is 0 Å². The minimum Gasteiger partial charge on any atom is -0.396 e. The lowest BCUT2D eigenvalue weighted by molar-refractivity contribution is 0.156. The molecule has 4 heteroatoms. The molecule has 0 aliphatic carbocycles. The van der Waals surface area contributed by atoms with Crippen molar-refractivity contribution in [2.45, 2.75) is 12.8 Å². The zero-order valence-electron chi connectivity index (χ0n) is 7.45. The average molecular weight is 177 g/mol. The van der Waals surface area contributed by atoms with E-state index in [-0.39, 0.29) is 19.8 Å². The highest BCUT2D eigenvalue weighted by atomic mass is 16.3. The Hall–Kier alpha value is -0.160. The van der Waals surface area contributed by atoms with Gasteiger partial charge in [-0.25, -0.2) is 0 Å². The summed E-state index contributed by atoms with van der Waals surface area (Å²) >= 11 is 0. The van der Waals surface area contributed by atoms with Gasteiger partial charge in [0.15, 0.2) is 0 Å². The molecule has 0 saturated heterocycles. The maximum atomic E-state index is 8.65. The number of unbranched alkanes of at least 4 members (excludes halogenated alkanes) is 1. The van der Waals surface area contributed by atoms with Crippen LogP contribution in [0.4, 0.5) is 0 Å². The first-order chi connectivity index (χ1) is 5.85. The van der Waals surface area contributed by atoms with Gasteiger partial charge in [0.2, 0.25) is 0 Å². The van der Waals surface area contributed by atoms with E-state index < -0.39 is 0 Å². The molecule has 0 amide bonds. The van der Waals surface area contributed by atoms with Crippen molar-refractivity contribution in [1.29, 1.82) is 0 Å². The van der Waals surface area contributed by atoms with Crippen LogP contribution in [0.15, 0.2) is 0 Å². The first kappa shape index (κ1) is 11.8. The third-order valence-electron chi connectivity index (χ3n) is 1.71. The van der Waals surface area contributed by atoms with E-state index in [1.807, 2.05) is 4.90 Å². The van der Waals surface area contributed by atoms with Crippen LogP contribution in [0.5, 0.6) is 0 Å². The fraction of sp³-hybridized carbons (Fsp3) is 1.00. The number of hydrogen-bond acceptors (Lipinski definition) is 4. The van der Waals surface area contributed by atoms with Gasteiger partial charge in [-0.05, 0) is 19.4 Å². The van der Waals surface area contributed by atoms with Crippen molar-refractivity contribution in [3.63, 3.8) is 0 Å².